The molecule has 0 saturated carbocycles. The normalized spacial score (nSPS) is 10.7. The number of benzene rings is 1. The van der Waals surface area contributed by atoms with Crippen molar-refractivity contribution in [3.63, 3.8) is 0 Å². The summed E-state index contributed by atoms with van der Waals surface area (Å²) in [6.45, 7) is 0.351. The van der Waals surface area contributed by atoms with Crippen LogP contribution in [0.5, 0.6) is 0 Å². The molecule has 100 valence electrons. The van der Waals surface area contributed by atoms with Crippen molar-refractivity contribution in [2.45, 2.75) is 6.54 Å². The van der Waals surface area contributed by atoms with Crippen molar-refractivity contribution >= 4 is 16.8 Å². The molecule has 5 heteroatoms. The zero-order valence-electron chi connectivity index (χ0n) is 10.6. The van der Waals surface area contributed by atoms with Gasteiger partial charge in [0, 0.05) is 17.1 Å². The number of halogens is 1. The zero-order valence-corrected chi connectivity index (χ0v) is 10.6. The molecule has 3 rings (SSSR count). The maximum absolute atomic E-state index is 13.1. The molecule has 1 amide bonds. The molecule has 0 fully saturated rings. The number of nitrogens with one attached hydrogen (secondary N) is 2. The first-order chi connectivity index (χ1) is 9.72. The Morgan fingerprint density at radius 1 is 1.25 bits per heavy atom. The molecule has 0 bridgehead atoms. The third kappa shape index (κ3) is 2.51. The number of aromatic amines is 1. The summed E-state index contributed by atoms with van der Waals surface area (Å²) >= 11 is 0. The average Bonchev–Trinajstić information content (AvgIpc) is 2.89. The van der Waals surface area contributed by atoms with E-state index in [2.05, 4.69) is 15.3 Å². The fourth-order valence-electron chi connectivity index (χ4n) is 1.99. The van der Waals surface area contributed by atoms with Crippen LogP contribution in [0.15, 0.2) is 48.7 Å². The molecule has 2 aromatic heterocycles. The second-order valence-electron chi connectivity index (χ2n) is 4.42. The molecular weight excluding hydrogens is 257 g/mol. The summed E-state index contributed by atoms with van der Waals surface area (Å²) in [5.41, 5.74) is 1.92. The first kappa shape index (κ1) is 12.3. The van der Waals surface area contributed by atoms with E-state index in [0.717, 1.165) is 11.2 Å². The van der Waals surface area contributed by atoms with Gasteiger partial charge >= 0.3 is 0 Å². The molecule has 0 radical (unpaired) electrons. The minimum Gasteiger partial charge on any atom is -0.351 e. The molecule has 0 saturated heterocycles. The van der Waals surface area contributed by atoms with E-state index < -0.39 is 0 Å². The predicted molar refractivity (Wildman–Crippen MR) is 73.7 cm³/mol. The van der Waals surface area contributed by atoms with Gasteiger partial charge < -0.3 is 10.3 Å². The van der Waals surface area contributed by atoms with Crippen LogP contribution >= 0.6 is 0 Å². The number of fused-ring (bicyclic) bond motifs is 1. The molecule has 0 aliphatic rings. The van der Waals surface area contributed by atoms with E-state index >= 15 is 0 Å². The van der Waals surface area contributed by atoms with E-state index in [9.17, 15) is 9.18 Å². The second kappa shape index (κ2) is 5.13. The topological polar surface area (TPSA) is 57.8 Å². The number of carbonyl (C=O) groups excluding carboxylic acids is 1. The van der Waals surface area contributed by atoms with E-state index in [1.54, 1.807) is 18.3 Å². The lowest BCUT2D eigenvalue weighted by Crippen LogP contribution is -2.23. The van der Waals surface area contributed by atoms with Gasteiger partial charge in [0.1, 0.15) is 11.5 Å². The Balaban J connectivity index is 1.75. The van der Waals surface area contributed by atoms with E-state index in [4.69, 9.17) is 0 Å². The van der Waals surface area contributed by atoms with Gasteiger partial charge in [-0.1, -0.05) is 6.07 Å². The van der Waals surface area contributed by atoms with Crippen LogP contribution in [0.1, 0.15) is 16.2 Å². The maximum Gasteiger partial charge on any atom is 0.268 e. The predicted octanol–water partition coefficient (Wildman–Crippen LogP) is 2.63. The lowest BCUT2D eigenvalue weighted by atomic mass is 10.2. The van der Waals surface area contributed by atoms with E-state index in [1.807, 2.05) is 18.2 Å². The third-order valence-electron chi connectivity index (χ3n) is 2.98. The SMILES string of the molecule is O=C(NCc1ccccn1)c1cc2cc(F)ccc2[nH]1. The molecule has 0 atom stereocenters. The second-order valence-corrected chi connectivity index (χ2v) is 4.42. The van der Waals surface area contributed by atoms with Gasteiger partial charge in [0.2, 0.25) is 0 Å². The summed E-state index contributed by atoms with van der Waals surface area (Å²) in [7, 11) is 0. The van der Waals surface area contributed by atoms with Crippen LogP contribution in [-0.4, -0.2) is 15.9 Å². The number of H-pyrrole nitrogens is 1. The molecule has 20 heavy (non-hydrogen) atoms. The van der Waals surface area contributed by atoms with Crippen molar-refractivity contribution in [1.82, 2.24) is 15.3 Å². The van der Waals surface area contributed by atoms with Gasteiger partial charge in [0.05, 0.1) is 12.2 Å². The van der Waals surface area contributed by atoms with Gasteiger partial charge in [-0.05, 0) is 36.4 Å². The molecular formula is C15H12FN3O. The van der Waals surface area contributed by atoms with Crippen LogP contribution in [0.2, 0.25) is 0 Å². The van der Waals surface area contributed by atoms with E-state index in [-0.39, 0.29) is 11.7 Å². The highest BCUT2D eigenvalue weighted by atomic mass is 19.1. The number of aromatic nitrogens is 2. The summed E-state index contributed by atoms with van der Waals surface area (Å²) in [4.78, 5) is 19.1. The first-order valence-corrected chi connectivity index (χ1v) is 6.19. The lowest BCUT2D eigenvalue weighted by molar-refractivity contribution is 0.0946. The van der Waals surface area contributed by atoms with Crippen molar-refractivity contribution in [2.75, 3.05) is 0 Å². The molecule has 0 spiro atoms. The Kier molecular flexibility index (Phi) is 3.16. The minimum absolute atomic E-state index is 0.243. The molecule has 0 aliphatic carbocycles. The molecule has 0 aliphatic heterocycles. The van der Waals surface area contributed by atoms with Crippen molar-refractivity contribution in [2.24, 2.45) is 0 Å². The molecule has 2 heterocycles. The molecule has 1 aromatic carbocycles. The fourth-order valence-corrected chi connectivity index (χ4v) is 1.99. The van der Waals surface area contributed by atoms with Gasteiger partial charge in [0.25, 0.3) is 5.91 Å². The first-order valence-electron chi connectivity index (χ1n) is 6.19. The van der Waals surface area contributed by atoms with Crippen LogP contribution in [0.4, 0.5) is 4.39 Å². The van der Waals surface area contributed by atoms with Gasteiger partial charge in [0.15, 0.2) is 0 Å². The monoisotopic (exact) mass is 269 g/mol. The van der Waals surface area contributed by atoms with Gasteiger partial charge in [-0.3, -0.25) is 9.78 Å². The molecule has 3 aromatic rings. The summed E-state index contributed by atoms with van der Waals surface area (Å²) in [6.07, 6.45) is 1.67. The Morgan fingerprint density at radius 3 is 2.95 bits per heavy atom. The van der Waals surface area contributed by atoms with Crippen LogP contribution in [-0.2, 0) is 6.54 Å². The number of hydrogen-bond acceptors (Lipinski definition) is 2. The van der Waals surface area contributed by atoms with Crippen LogP contribution in [0.25, 0.3) is 10.9 Å². The summed E-state index contributed by atoms with van der Waals surface area (Å²) in [5.74, 6) is -0.566. The largest absolute Gasteiger partial charge is 0.351 e. The van der Waals surface area contributed by atoms with E-state index in [1.165, 1.54) is 12.1 Å². The summed E-state index contributed by atoms with van der Waals surface area (Å²) in [6, 6.07) is 11.5. The van der Waals surface area contributed by atoms with Gasteiger partial charge in [-0.15, -0.1) is 0 Å². The number of pyridine rings is 1. The number of hydrogen-bond donors (Lipinski definition) is 2. The van der Waals surface area contributed by atoms with Gasteiger partial charge in [-0.25, -0.2) is 4.39 Å². The Morgan fingerprint density at radius 2 is 2.15 bits per heavy atom. The van der Waals surface area contributed by atoms with E-state index in [0.29, 0.717) is 17.6 Å². The number of rotatable bonds is 3. The molecule has 4 nitrogen and oxygen atoms in total. The number of amides is 1. The smallest absolute Gasteiger partial charge is 0.268 e. The minimum atomic E-state index is -0.322. The third-order valence-corrected chi connectivity index (χ3v) is 2.98. The van der Waals surface area contributed by atoms with Crippen LogP contribution in [0, 0.1) is 5.82 Å². The number of nitrogens with zero attached hydrogens (tertiary/aromatic N) is 1. The molecule has 2 N–H and O–H groups in total. The highest BCUT2D eigenvalue weighted by Crippen LogP contribution is 2.16. The highest BCUT2D eigenvalue weighted by molar-refractivity contribution is 5.97. The zero-order chi connectivity index (χ0) is 13.9. The van der Waals surface area contributed by atoms with Crippen molar-refractivity contribution in [1.29, 1.82) is 0 Å². The number of carbonyl (C=O) groups is 1. The van der Waals surface area contributed by atoms with Crippen LogP contribution < -0.4 is 5.32 Å². The lowest BCUT2D eigenvalue weighted by Gasteiger charge is -2.02. The molecule has 0 unspecified atom stereocenters. The summed E-state index contributed by atoms with van der Waals surface area (Å²) < 4.78 is 13.1. The Hall–Kier alpha value is -2.69. The highest BCUT2D eigenvalue weighted by Gasteiger charge is 2.09. The summed E-state index contributed by atoms with van der Waals surface area (Å²) in [5, 5.41) is 3.44. The standard InChI is InChI=1S/C15H12FN3O/c16-11-4-5-13-10(7-11)8-14(19-13)15(20)18-9-12-3-1-2-6-17-12/h1-8,19H,9H2,(H,18,20). The Labute approximate surface area is 114 Å². The van der Waals surface area contributed by atoms with Crippen molar-refractivity contribution in [3.8, 4) is 0 Å². The maximum atomic E-state index is 13.1. The van der Waals surface area contributed by atoms with Crippen molar-refractivity contribution < 1.29 is 9.18 Å². The quantitative estimate of drug-likeness (QED) is 0.768. The van der Waals surface area contributed by atoms with Crippen molar-refractivity contribution in [3.05, 3.63) is 65.9 Å². The Bertz CT molecular complexity index is 752. The fraction of sp³-hybridized carbons (Fsp3) is 0.0667. The average molecular weight is 269 g/mol. The van der Waals surface area contributed by atoms with Crippen LogP contribution in [0.3, 0.4) is 0 Å². The van der Waals surface area contributed by atoms with Gasteiger partial charge in [-0.2, -0.15) is 0 Å².